The van der Waals surface area contributed by atoms with E-state index in [4.69, 9.17) is 4.74 Å². The highest BCUT2D eigenvalue weighted by atomic mass is 79.9. The van der Waals surface area contributed by atoms with Crippen LogP contribution >= 0.6 is 15.9 Å². The van der Waals surface area contributed by atoms with Crippen molar-refractivity contribution >= 4 is 27.6 Å². The van der Waals surface area contributed by atoms with Crippen molar-refractivity contribution < 1.29 is 9.53 Å². The second-order valence-electron chi connectivity index (χ2n) is 4.27. The topological polar surface area (TPSA) is 53.6 Å². The largest absolute Gasteiger partial charge is 0.383 e. The summed E-state index contributed by atoms with van der Waals surface area (Å²) in [7, 11) is 0. The van der Waals surface area contributed by atoms with Crippen molar-refractivity contribution in [2.24, 2.45) is 0 Å². The average molecular weight is 328 g/mol. The van der Waals surface area contributed by atoms with Crippen molar-refractivity contribution in [3.63, 3.8) is 0 Å². The van der Waals surface area contributed by atoms with Crippen LogP contribution in [0.15, 0.2) is 28.7 Å². The van der Waals surface area contributed by atoms with E-state index in [1.165, 1.54) is 0 Å². The molecular weight excluding hydrogens is 310 g/mol. The number of morpholine rings is 1. The standard InChI is InChI=1S/C13H18BrN3O2/c14-11-2-1-3-12(10-11)15-4-5-16-13(18)17-6-8-19-9-7-17/h1-3,10,15H,4-9H2,(H,16,18). The number of nitrogens with zero attached hydrogens (tertiary/aromatic N) is 1. The first-order valence-electron chi connectivity index (χ1n) is 6.35. The fraction of sp³-hybridized carbons (Fsp3) is 0.462. The van der Waals surface area contributed by atoms with Gasteiger partial charge in [0, 0.05) is 36.3 Å². The maximum atomic E-state index is 11.8. The lowest BCUT2D eigenvalue weighted by molar-refractivity contribution is 0.0533. The van der Waals surface area contributed by atoms with Crippen molar-refractivity contribution in [1.29, 1.82) is 0 Å². The molecule has 0 radical (unpaired) electrons. The van der Waals surface area contributed by atoms with E-state index in [-0.39, 0.29) is 6.03 Å². The first kappa shape index (κ1) is 14.1. The fourth-order valence-corrected chi connectivity index (χ4v) is 2.25. The summed E-state index contributed by atoms with van der Waals surface area (Å²) in [4.78, 5) is 13.6. The molecule has 2 rings (SSSR count). The first-order valence-corrected chi connectivity index (χ1v) is 7.15. The summed E-state index contributed by atoms with van der Waals surface area (Å²) < 4.78 is 6.24. The molecule has 1 heterocycles. The Labute approximate surface area is 121 Å². The number of carbonyl (C=O) groups excluding carboxylic acids is 1. The van der Waals surface area contributed by atoms with Gasteiger partial charge in [0.05, 0.1) is 13.2 Å². The molecular formula is C13H18BrN3O2. The maximum Gasteiger partial charge on any atom is 0.317 e. The van der Waals surface area contributed by atoms with E-state index >= 15 is 0 Å². The molecule has 19 heavy (non-hydrogen) atoms. The Bertz CT molecular complexity index is 422. The highest BCUT2D eigenvalue weighted by molar-refractivity contribution is 9.10. The van der Waals surface area contributed by atoms with Crippen molar-refractivity contribution in [3.05, 3.63) is 28.7 Å². The molecule has 1 aromatic carbocycles. The Morgan fingerprint density at radius 2 is 2.11 bits per heavy atom. The SMILES string of the molecule is O=C(NCCNc1cccc(Br)c1)N1CCOCC1. The van der Waals surface area contributed by atoms with Crippen LogP contribution in [0.2, 0.25) is 0 Å². The smallest absolute Gasteiger partial charge is 0.317 e. The van der Waals surface area contributed by atoms with Crippen LogP contribution in [0.25, 0.3) is 0 Å². The van der Waals surface area contributed by atoms with Crippen LogP contribution in [-0.2, 0) is 4.74 Å². The third kappa shape index (κ3) is 4.72. The Morgan fingerprint density at radius 1 is 1.32 bits per heavy atom. The molecule has 1 saturated heterocycles. The lowest BCUT2D eigenvalue weighted by Crippen LogP contribution is -2.47. The van der Waals surface area contributed by atoms with Gasteiger partial charge in [-0.25, -0.2) is 4.79 Å². The van der Waals surface area contributed by atoms with E-state index in [0.717, 1.165) is 10.2 Å². The molecule has 0 spiro atoms. The van der Waals surface area contributed by atoms with E-state index in [9.17, 15) is 4.79 Å². The van der Waals surface area contributed by atoms with E-state index in [1.807, 2.05) is 24.3 Å². The molecule has 0 saturated carbocycles. The number of urea groups is 1. The van der Waals surface area contributed by atoms with Crippen LogP contribution in [0.5, 0.6) is 0 Å². The highest BCUT2D eigenvalue weighted by Crippen LogP contribution is 2.14. The van der Waals surface area contributed by atoms with Gasteiger partial charge in [0.15, 0.2) is 0 Å². The first-order chi connectivity index (χ1) is 9.25. The summed E-state index contributed by atoms with van der Waals surface area (Å²) in [6.07, 6.45) is 0. The Kier molecular flexibility index (Phi) is 5.47. The molecule has 0 atom stereocenters. The summed E-state index contributed by atoms with van der Waals surface area (Å²) in [5, 5.41) is 6.15. The number of amides is 2. The monoisotopic (exact) mass is 327 g/mol. The van der Waals surface area contributed by atoms with Crippen LogP contribution in [0, 0.1) is 0 Å². The third-order valence-electron chi connectivity index (χ3n) is 2.85. The third-order valence-corrected chi connectivity index (χ3v) is 3.35. The number of halogens is 1. The molecule has 1 fully saturated rings. The maximum absolute atomic E-state index is 11.8. The van der Waals surface area contributed by atoms with Gasteiger partial charge in [-0.3, -0.25) is 0 Å². The highest BCUT2D eigenvalue weighted by Gasteiger charge is 2.15. The molecule has 1 aliphatic rings. The molecule has 5 nitrogen and oxygen atoms in total. The van der Waals surface area contributed by atoms with E-state index < -0.39 is 0 Å². The minimum absolute atomic E-state index is 0.0145. The molecule has 0 aliphatic carbocycles. The molecule has 0 unspecified atom stereocenters. The number of anilines is 1. The van der Waals surface area contributed by atoms with Crippen molar-refractivity contribution in [2.75, 3.05) is 44.7 Å². The number of hydrogen-bond donors (Lipinski definition) is 2. The summed E-state index contributed by atoms with van der Waals surface area (Å²) >= 11 is 3.42. The molecule has 6 heteroatoms. The van der Waals surface area contributed by atoms with Gasteiger partial charge in [0.25, 0.3) is 0 Å². The number of hydrogen-bond acceptors (Lipinski definition) is 3. The number of benzene rings is 1. The number of carbonyl (C=O) groups is 1. The second kappa shape index (κ2) is 7.35. The fourth-order valence-electron chi connectivity index (χ4n) is 1.85. The van der Waals surface area contributed by atoms with Gasteiger partial charge < -0.3 is 20.3 Å². The zero-order valence-electron chi connectivity index (χ0n) is 10.7. The van der Waals surface area contributed by atoms with Crippen molar-refractivity contribution in [1.82, 2.24) is 10.2 Å². The van der Waals surface area contributed by atoms with Gasteiger partial charge in [0.1, 0.15) is 0 Å². The quantitative estimate of drug-likeness (QED) is 0.830. The normalized spacial score (nSPS) is 15.1. The minimum atomic E-state index is -0.0145. The minimum Gasteiger partial charge on any atom is -0.383 e. The number of nitrogens with one attached hydrogen (secondary N) is 2. The molecule has 1 aliphatic heterocycles. The van der Waals surface area contributed by atoms with Gasteiger partial charge in [-0.2, -0.15) is 0 Å². The van der Waals surface area contributed by atoms with Crippen LogP contribution in [0.3, 0.4) is 0 Å². The number of ether oxygens (including phenoxy) is 1. The van der Waals surface area contributed by atoms with Crippen LogP contribution in [-0.4, -0.2) is 50.3 Å². The van der Waals surface area contributed by atoms with Gasteiger partial charge in [0.2, 0.25) is 0 Å². The zero-order chi connectivity index (χ0) is 13.5. The van der Waals surface area contributed by atoms with Crippen LogP contribution in [0.1, 0.15) is 0 Å². The van der Waals surface area contributed by atoms with Crippen molar-refractivity contribution in [2.45, 2.75) is 0 Å². The molecule has 104 valence electrons. The predicted molar refractivity (Wildman–Crippen MR) is 78.4 cm³/mol. The Hall–Kier alpha value is -1.27. The second-order valence-corrected chi connectivity index (χ2v) is 5.18. The Balaban J connectivity index is 1.65. The van der Waals surface area contributed by atoms with Gasteiger partial charge in [-0.15, -0.1) is 0 Å². The molecule has 0 bridgehead atoms. The summed E-state index contributed by atoms with van der Waals surface area (Å²) in [5.74, 6) is 0. The average Bonchev–Trinajstić information content (AvgIpc) is 2.44. The summed E-state index contributed by atoms with van der Waals surface area (Å²) in [5.41, 5.74) is 1.04. The van der Waals surface area contributed by atoms with Crippen LogP contribution < -0.4 is 10.6 Å². The summed E-state index contributed by atoms with van der Waals surface area (Å²) in [6, 6.07) is 7.93. The Morgan fingerprint density at radius 3 is 2.84 bits per heavy atom. The van der Waals surface area contributed by atoms with Gasteiger partial charge in [-0.05, 0) is 18.2 Å². The lowest BCUT2D eigenvalue weighted by Gasteiger charge is -2.26. The van der Waals surface area contributed by atoms with E-state index in [0.29, 0.717) is 39.4 Å². The molecule has 1 aromatic rings. The predicted octanol–water partition coefficient (Wildman–Crippen LogP) is 1.90. The summed E-state index contributed by atoms with van der Waals surface area (Å²) in [6.45, 7) is 3.90. The van der Waals surface area contributed by atoms with E-state index in [2.05, 4.69) is 26.6 Å². The number of rotatable bonds is 4. The lowest BCUT2D eigenvalue weighted by atomic mass is 10.3. The van der Waals surface area contributed by atoms with E-state index in [1.54, 1.807) is 4.90 Å². The van der Waals surface area contributed by atoms with Crippen molar-refractivity contribution in [3.8, 4) is 0 Å². The van der Waals surface area contributed by atoms with Gasteiger partial charge in [-0.1, -0.05) is 22.0 Å². The van der Waals surface area contributed by atoms with Gasteiger partial charge >= 0.3 is 6.03 Å². The molecule has 2 amide bonds. The molecule has 2 N–H and O–H groups in total. The molecule has 0 aromatic heterocycles. The zero-order valence-corrected chi connectivity index (χ0v) is 12.3. The van der Waals surface area contributed by atoms with Crippen LogP contribution in [0.4, 0.5) is 10.5 Å².